The number of morpholine rings is 1. The fraction of sp³-hybridized carbons (Fsp3) is 0.381. The van der Waals surface area contributed by atoms with E-state index in [1.165, 1.54) is 0 Å². The molecule has 2 aromatic carbocycles. The molecule has 156 valence electrons. The predicted molar refractivity (Wildman–Crippen MR) is 110 cm³/mol. The molecule has 0 aromatic heterocycles. The molecule has 0 bridgehead atoms. The molecule has 1 unspecified atom stereocenters. The SMILES string of the molecule is COc1ccc(CP(=O)(O)C[C@H]2CN[C@H](Cc3cccc(C(=O)O)c3)CO2)cc1. The van der Waals surface area contributed by atoms with Gasteiger partial charge in [-0.1, -0.05) is 24.3 Å². The number of methoxy groups -OCH3 is 1. The average Bonchev–Trinajstić information content (AvgIpc) is 2.70. The molecule has 29 heavy (non-hydrogen) atoms. The van der Waals surface area contributed by atoms with Crippen molar-refractivity contribution in [3.05, 3.63) is 65.2 Å². The minimum Gasteiger partial charge on any atom is -0.497 e. The molecule has 7 nitrogen and oxygen atoms in total. The highest BCUT2D eigenvalue weighted by atomic mass is 31.2. The van der Waals surface area contributed by atoms with E-state index >= 15 is 0 Å². The van der Waals surface area contributed by atoms with Gasteiger partial charge in [-0.05, 0) is 41.8 Å². The molecule has 0 spiro atoms. The molecule has 1 heterocycles. The van der Waals surface area contributed by atoms with E-state index in [2.05, 4.69) is 5.32 Å². The molecular weight excluding hydrogens is 393 g/mol. The van der Waals surface area contributed by atoms with E-state index in [0.717, 1.165) is 11.1 Å². The van der Waals surface area contributed by atoms with Gasteiger partial charge in [0.15, 0.2) is 0 Å². The maximum absolute atomic E-state index is 12.6. The number of rotatable bonds is 8. The zero-order valence-electron chi connectivity index (χ0n) is 16.3. The predicted octanol–water partition coefficient (Wildman–Crippen LogP) is 2.76. The van der Waals surface area contributed by atoms with Crippen LogP contribution in [0.15, 0.2) is 48.5 Å². The molecule has 0 saturated carbocycles. The molecule has 3 rings (SSSR count). The van der Waals surface area contributed by atoms with Gasteiger partial charge in [0.05, 0.1) is 31.5 Å². The van der Waals surface area contributed by atoms with Crippen LogP contribution in [0, 0.1) is 0 Å². The Hall–Kier alpha value is -2.18. The van der Waals surface area contributed by atoms with E-state index < -0.39 is 13.3 Å². The van der Waals surface area contributed by atoms with Gasteiger partial charge in [0.1, 0.15) is 5.75 Å². The number of hydrogen-bond acceptors (Lipinski definition) is 5. The Kier molecular flexibility index (Phi) is 7.09. The van der Waals surface area contributed by atoms with E-state index in [1.807, 2.05) is 6.07 Å². The van der Waals surface area contributed by atoms with Gasteiger partial charge in [-0.3, -0.25) is 4.57 Å². The number of hydrogen-bond donors (Lipinski definition) is 3. The Bertz CT molecular complexity index is 877. The molecule has 2 aromatic rings. The van der Waals surface area contributed by atoms with Gasteiger partial charge in [-0.25, -0.2) is 4.79 Å². The molecular formula is C21H26NO6P. The minimum absolute atomic E-state index is 0.0370. The van der Waals surface area contributed by atoms with Gasteiger partial charge in [0, 0.05) is 18.7 Å². The van der Waals surface area contributed by atoms with E-state index in [0.29, 0.717) is 25.3 Å². The summed E-state index contributed by atoms with van der Waals surface area (Å²) < 4.78 is 23.6. The summed E-state index contributed by atoms with van der Waals surface area (Å²) >= 11 is 0. The van der Waals surface area contributed by atoms with Crippen LogP contribution in [-0.2, 0) is 21.9 Å². The van der Waals surface area contributed by atoms with Gasteiger partial charge in [0.2, 0.25) is 7.37 Å². The van der Waals surface area contributed by atoms with Crippen LogP contribution in [-0.4, -0.2) is 54.5 Å². The first-order valence-electron chi connectivity index (χ1n) is 9.45. The Morgan fingerprint density at radius 3 is 2.62 bits per heavy atom. The normalized spacial score (nSPS) is 21.3. The van der Waals surface area contributed by atoms with E-state index in [9.17, 15) is 14.3 Å². The van der Waals surface area contributed by atoms with Crippen molar-refractivity contribution in [1.82, 2.24) is 5.32 Å². The Morgan fingerprint density at radius 2 is 2.00 bits per heavy atom. The molecule has 8 heteroatoms. The lowest BCUT2D eigenvalue weighted by Gasteiger charge is -2.31. The number of carboxylic acids is 1. The largest absolute Gasteiger partial charge is 0.497 e. The van der Waals surface area contributed by atoms with Crippen LogP contribution < -0.4 is 10.1 Å². The van der Waals surface area contributed by atoms with Crippen LogP contribution in [0.5, 0.6) is 5.75 Å². The lowest BCUT2D eigenvalue weighted by molar-refractivity contribution is 0.0162. The third-order valence-corrected chi connectivity index (χ3v) is 6.74. The molecule has 1 aliphatic rings. The molecule has 1 saturated heterocycles. The van der Waals surface area contributed by atoms with E-state index in [-0.39, 0.29) is 30.0 Å². The Morgan fingerprint density at radius 1 is 1.24 bits per heavy atom. The molecule has 0 radical (unpaired) electrons. The van der Waals surface area contributed by atoms with Crippen molar-refractivity contribution in [2.24, 2.45) is 0 Å². The van der Waals surface area contributed by atoms with Crippen LogP contribution in [0.25, 0.3) is 0 Å². The van der Waals surface area contributed by atoms with Crippen molar-refractivity contribution >= 4 is 13.3 Å². The Balaban J connectivity index is 1.49. The van der Waals surface area contributed by atoms with Gasteiger partial charge in [-0.15, -0.1) is 0 Å². The number of aromatic carboxylic acids is 1. The lowest BCUT2D eigenvalue weighted by Crippen LogP contribution is -2.48. The molecule has 3 atom stereocenters. The summed E-state index contributed by atoms with van der Waals surface area (Å²) in [7, 11) is -1.80. The first-order valence-corrected chi connectivity index (χ1v) is 11.5. The van der Waals surface area contributed by atoms with E-state index in [1.54, 1.807) is 49.6 Å². The average molecular weight is 419 g/mol. The molecule has 1 fully saturated rings. The second-order valence-electron chi connectivity index (χ2n) is 7.31. The summed E-state index contributed by atoms with van der Waals surface area (Å²) in [6, 6.07) is 14.0. The highest BCUT2D eigenvalue weighted by Crippen LogP contribution is 2.45. The van der Waals surface area contributed by atoms with E-state index in [4.69, 9.17) is 14.6 Å². The third-order valence-electron chi connectivity index (χ3n) is 4.90. The fourth-order valence-electron chi connectivity index (χ4n) is 3.43. The summed E-state index contributed by atoms with van der Waals surface area (Å²) in [5.74, 6) is -0.239. The summed E-state index contributed by atoms with van der Waals surface area (Å²) in [5, 5.41) is 12.4. The van der Waals surface area contributed by atoms with Gasteiger partial charge >= 0.3 is 5.97 Å². The summed E-state index contributed by atoms with van der Waals surface area (Å²) in [6.07, 6.45) is 0.497. The molecule has 0 amide bonds. The third kappa shape index (κ3) is 6.41. The van der Waals surface area contributed by atoms with Crippen molar-refractivity contribution in [2.45, 2.75) is 24.7 Å². The zero-order valence-corrected chi connectivity index (χ0v) is 17.2. The monoisotopic (exact) mass is 419 g/mol. The van der Waals surface area contributed by atoms with Crippen molar-refractivity contribution < 1.29 is 28.8 Å². The number of carboxylic acid groups (broad SMARTS) is 1. The summed E-state index contributed by atoms with van der Waals surface area (Å²) in [5.41, 5.74) is 1.96. The van der Waals surface area contributed by atoms with Gasteiger partial charge in [-0.2, -0.15) is 0 Å². The van der Waals surface area contributed by atoms with Crippen molar-refractivity contribution in [3.8, 4) is 5.75 Å². The quantitative estimate of drug-likeness (QED) is 0.565. The molecule has 1 aliphatic heterocycles. The summed E-state index contributed by atoms with van der Waals surface area (Å²) in [6.45, 7) is 0.890. The molecule has 0 aliphatic carbocycles. The van der Waals surface area contributed by atoms with Crippen LogP contribution in [0.4, 0.5) is 0 Å². The first-order chi connectivity index (χ1) is 13.8. The maximum Gasteiger partial charge on any atom is 0.335 e. The zero-order chi connectivity index (χ0) is 20.9. The number of ether oxygens (including phenoxy) is 2. The van der Waals surface area contributed by atoms with Crippen LogP contribution in [0.2, 0.25) is 0 Å². The lowest BCUT2D eigenvalue weighted by atomic mass is 10.0. The van der Waals surface area contributed by atoms with Crippen molar-refractivity contribution in [1.29, 1.82) is 0 Å². The van der Waals surface area contributed by atoms with Crippen molar-refractivity contribution in [3.63, 3.8) is 0 Å². The highest BCUT2D eigenvalue weighted by molar-refractivity contribution is 7.57. The second kappa shape index (κ2) is 9.55. The minimum atomic E-state index is -3.38. The molecule has 3 N–H and O–H groups in total. The smallest absolute Gasteiger partial charge is 0.335 e. The van der Waals surface area contributed by atoms with Crippen molar-refractivity contribution in [2.75, 3.05) is 26.4 Å². The van der Waals surface area contributed by atoms with Crippen LogP contribution >= 0.6 is 7.37 Å². The summed E-state index contributed by atoms with van der Waals surface area (Å²) in [4.78, 5) is 21.5. The van der Waals surface area contributed by atoms with Crippen LogP contribution in [0.1, 0.15) is 21.5 Å². The van der Waals surface area contributed by atoms with Crippen LogP contribution in [0.3, 0.4) is 0 Å². The second-order valence-corrected chi connectivity index (χ2v) is 9.68. The number of carbonyl (C=O) groups is 1. The van der Waals surface area contributed by atoms with Gasteiger partial charge in [0.25, 0.3) is 0 Å². The number of benzene rings is 2. The standard InChI is InChI=1S/C21H26NO6P/c1-27-19-7-5-15(6-8-19)13-29(25,26)14-20-11-22-18(12-28-20)10-16-3-2-4-17(9-16)21(23)24/h2-9,18,20,22H,10-14H2,1H3,(H,23,24)(H,25,26)/t18-,20-/m1/s1. The fourth-order valence-corrected chi connectivity index (χ4v) is 5.21. The number of nitrogens with one attached hydrogen (secondary N) is 1. The van der Waals surface area contributed by atoms with Gasteiger partial charge < -0.3 is 24.8 Å². The maximum atomic E-state index is 12.6. The Labute approximate surface area is 170 Å². The first kappa shape index (κ1) is 21.5. The highest BCUT2D eigenvalue weighted by Gasteiger charge is 2.29. The topological polar surface area (TPSA) is 105 Å².